The van der Waals surface area contributed by atoms with Gasteiger partial charge < -0.3 is 48.8 Å². The van der Waals surface area contributed by atoms with Crippen LogP contribution in [-0.4, -0.2) is 84.7 Å². The number of amides is 1. The van der Waals surface area contributed by atoms with Gasteiger partial charge in [0.1, 0.15) is 12.2 Å². The van der Waals surface area contributed by atoms with Crippen LogP contribution in [0.3, 0.4) is 0 Å². The highest BCUT2D eigenvalue weighted by atomic mass is 16.7. The number of nitrogens with zero attached hydrogens (tertiary/aromatic N) is 1. The number of carbonyl (C=O) groups excluding carboxylic acids is 2. The normalized spacial score (nSPS) is 11.4. The van der Waals surface area contributed by atoms with Gasteiger partial charge in [-0.1, -0.05) is 121 Å². The third-order valence-corrected chi connectivity index (χ3v) is 8.64. The number of benzene rings is 4. The molecule has 0 aliphatic carbocycles. The van der Waals surface area contributed by atoms with Crippen molar-refractivity contribution in [1.82, 2.24) is 10.0 Å². The Morgan fingerprint density at radius 2 is 0.828 bits per heavy atom. The van der Waals surface area contributed by atoms with Gasteiger partial charge in [0.15, 0.2) is 0 Å². The van der Waals surface area contributed by atoms with E-state index in [1.165, 1.54) is 12.1 Å². The van der Waals surface area contributed by atoms with Crippen LogP contribution in [0.15, 0.2) is 133 Å². The summed E-state index contributed by atoms with van der Waals surface area (Å²) in [6.45, 7) is 2.46. The summed E-state index contributed by atoms with van der Waals surface area (Å²) in [6.07, 6.45) is -1.57. The number of aromatic nitrogens is 1. The Bertz CT molecular complexity index is 1670. The molecule has 1 aromatic heterocycles. The lowest BCUT2D eigenvalue weighted by Crippen LogP contribution is -2.45. The van der Waals surface area contributed by atoms with Crippen molar-refractivity contribution in [3.05, 3.63) is 156 Å². The molecule has 3 N–H and O–H groups in total. The number of hydrogen-bond acceptors (Lipinski definition) is 11. The van der Waals surface area contributed by atoms with E-state index in [1.54, 1.807) is 0 Å². The van der Waals surface area contributed by atoms with E-state index >= 15 is 0 Å². The van der Waals surface area contributed by atoms with E-state index in [2.05, 4.69) is 5.32 Å². The summed E-state index contributed by atoms with van der Waals surface area (Å²) in [5.41, 5.74) is 4.06. The van der Waals surface area contributed by atoms with Gasteiger partial charge in [-0.15, -0.1) is 4.73 Å². The highest BCUT2D eigenvalue weighted by molar-refractivity contribution is 5.81. The minimum Gasteiger partial charge on any atom is -0.492 e. The second-order valence-corrected chi connectivity index (χ2v) is 13.5. The zero-order valence-electron chi connectivity index (χ0n) is 32.4. The lowest BCUT2D eigenvalue weighted by atomic mass is 10.2. The molecule has 0 aliphatic heterocycles. The number of nitrogens with one attached hydrogen (secondary N) is 1. The largest absolute Gasteiger partial charge is 0.492 e. The fourth-order valence-corrected chi connectivity index (χ4v) is 5.61. The fraction of sp³-hybridized carbons (Fsp3) is 0.333. The van der Waals surface area contributed by atoms with Crippen LogP contribution in [0.25, 0.3) is 0 Å². The summed E-state index contributed by atoms with van der Waals surface area (Å²) in [4.78, 5) is 30.8. The summed E-state index contributed by atoms with van der Waals surface area (Å²) in [5.74, 6) is -2.23. The Kier molecular flexibility index (Phi) is 18.8. The first-order valence-corrected chi connectivity index (χ1v) is 19.2. The van der Waals surface area contributed by atoms with Crippen LogP contribution in [0.5, 0.6) is 11.8 Å². The van der Waals surface area contributed by atoms with Crippen LogP contribution >= 0.6 is 0 Å². The molecule has 1 amide bonds. The first-order valence-electron chi connectivity index (χ1n) is 19.2. The Labute approximate surface area is 338 Å². The smallest absolute Gasteiger partial charge is 0.333 e. The van der Waals surface area contributed by atoms with Gasteiger partial charge in [-0.25, -0.2) is 4.79 Å². The van der Waals surface area contributed by atoms with Crippen LogP contribution in [0.4, 0.5) is 0 Å². The third-order valence-electron chi connectivity index (χ3n) is 8.64. The Morgan fingerprint density at radius 1 is 0.483 bits per heavy atom. The van der Waals surface area contributed by atoms with Gasteiger partial charge >= 0.3 is 5.97 Å². The van der Waals surface area contributed by atoms with Crippen molar-refractivity contribution in [1.29, 1.82) is 0 Å². The quantitative estimate of drug-likeness (QED) is 0.0595. The van der Waals surface area contributed by atoms with Crippen molar-refractivity contribution in [3.8, 4) is 11.8 Å². The highest BCUT2D eigenvalue weighted by Crippen LogP contribution is 2.19. The van der Waals surface area contributed by atoms with Crippen molar-refractivity contribution in [3.63, 3.8) is 0 Å². The average molecular weight is 797 g/mol. The van der Waals surface area contributed by atoms with E-state index in [-0.39, 0.29) is 52.5 Å². The molecular weight excluding hydrogens is 744 g/mol. The standard InChI is InChI=1S/C45H52N2O11/c48-42(21-24-45(51)58-47-43(49)22-23-44(47)50)46-39(29-56-40(31-52-25-35-13-5-1-6-14-35)32-53-26-36-15-7-2-8-16-36)30-57-41(33-54-27-37-17-9-3-10-18-37)34-55-28-38-19-11-4-12-20-38/h1-20,22-23,39-41,49-50H,21,24-34H2,(H,46,48). The van der Waals surface area contributed by atoms with E-state index in [0.29, 0.717) is 31.2 Å². The summed E-state index contributed by atoms with van der Waals surface area (Å²) in [5, 5.41) is 22.6. The molecule has 13 nitrogen and oxygen atoms in total. The first-order chi connectivity index (χ1) is 28.4. The van der Waals surface area contributed by atoms with Crippen molar-refractivity contribution >= 4 is 11.9 Å². The van der Waals surface area contributed by atoms with Gasteiger partial charge in [-0.2, -0.15) is 0 Å². The molecule has 13 heteroatoms. The maximum Gasteiger partial charge on any atom is 0.333 e. The van der Waals surface area contributed by atoms with Crippen LogP contribution in [0.2, 0.25) is 0 Å². The molecule has 5 aromatic rings. The summed E-state index contributed by atoms with van der Waals surface area (Å²) in [7, 11) is 0. The molecule has 0 bridgehead atoms. The van der Waals surface area contributed by atoms with E-state index < -0.39 is 41.9 Å². The van der Waals surface area contributed by atoms with Crippen LogP contribution in [-0.2, 0) is 64.4 Å². The molecular formula is C45H52N2O11. The molecule has 5 rings (SSSR count). The van der Waals surface area contributed by atoms with Crippen molar-refractivity contribution < 1.29 is 53.1 Å². The van der Waals surface area contributed by atoms with E-state index in [1.807, 2.05) is 121 Å². The van der Waals surface area contributed by atoms with Gasteiger partial charge in [0.25, 0.3) is 0 Å². The van der Waals surface area contributed by atoms with Crippen molar-refractivity contribution in [2.24, 2.45) is 0 Å². The second kappa shape index (κ2) is 25.0. The second-order valence-electron chi connectivity index (χ2n) is 13.5. The molecule has 0 saturated carbocycles. The van der Waals surface area contributed by atoms with Gasteiger partial charge in [0.2, 0.25) is 17.7 Å². The molecule has 308 valence electrons. The number of carbonyl (C=O) groups is 2. The Hall–Kier alpha value is -5.54. The fourth-order valence-electron chi connectivity index (χ4n) is 5.61. The molecule has 0 radical (unpaired) electrons. The predicted octanol–water partition coefficient (Wildman–Crippen LogP) is 5.76. The number of hydrogen-bond donors (Lipinski definition) is 3. The summed E-state index contributed by atoms with van der Waals surface area (Å²) in [6, 6.07) is 40.9. The summed E-state index contributed by atoms with van der Waals surface area (Å²) >= 11 is 0. The average Bonchev–Trinajstić information content (AvgIpc) is 3.57. The van der Waals surface area contributed by atoms with E-state index in [4.69, 9.17) is 33.3 Å². The SMILES string of the molecule is O=C(CCC(=O)On1c(O)ccc1O)NC(COC(COCc1ccccc1)COCc1ccccc1)COC(COCc1ccccc1)COCc1ccccc1. The highest BCUT2D eigenvalue weighted by Gasteiger charge is 2.22. The van der Waals surface area contributed by atoms with E-state index in [0.717, 1.165) is 22.3 Å². The monoisotopic (exact) mass is 796 g/mol. The Morgan fingerprint density at radius 3 is 1.17 bits per heavy atom. The van der Waals surface area contributed by atoms with E-state index in [9.17, 15) is 19.8 Å². The maximum atomic E-state index is 13.3. The maximum absolute atomic E-state index is 13.3. The minimum absolute atomic E-state index is 0.0256. The molecule has 4 aromatic carbocycles. The van der Waals surface area contributed by atoms with Crippen molar-refractivity contribution in [2.75, 3.05) is 39.6 Å². The zero-order valence-corrected chi connectivity index (χ0v) is 32.4. The Balaban J connectivity index is 1.22. The molecule has 58 heavy (non-hydrogen) atoms. The van der Waals surface area contributed by atoms with Gasteiger partial charge in [-0.05, 0) is 22.3 Å². The topological polar surface area (TPSA) is 156 Å². The van der Waals surface area contributed by atoms with Gasteiger partial charge in [0.05, 0.1) is 78.5 Å². The molecule has 0 spiro atoms. The third kappa shape index (κ3) is 16.5. The van der Waals surface area contributed by atoms with Gasteiger partial charge in [-0.3, -0.25) is 4.79 Å². The number of rotatable bonds is 27. The minimum atomic E-state index is -0.835. The zero-order chi connectivity index (χ0) is 40.6. The van der Waals surface area contributed by atoms with Crippen LogP contribution < -0.4 is 10.2 Å². The predicted molar refractivity (Wildman–Crippen MR) is 214 cm³/mol. The first kappa shape index (κ1) is 43.6. The number of ether oxygens (including phenoxy) is 6. The lowest BCUT2D eigenvalue weighted by Gasteiger charge is -2.26. The molecule has 0 saturated heterocycles. The van der Waals surface area contributed by atoms with Crippen LogP contribution in [0, 0.1) is 0 Å². The number of aromatic hydroxyl groups is 2. The van der Waals surface area contributed by atoms with Crippen LogP contribution in [0.1, 0.15) is 35.1 Å². The molecule has 1 heterocycles. The lowest BCUT2D eigenvalue weighted by molar-refractivity contribution is -0.146. The molecule has 0 unspecified atom stereocenters. The molecule has 0 atom stereocenters. The molecule has 0 aliphatic rings. The van der Waals surface area contributed by atoms with Gasteiger partial charge in [0, 0.05) is 18.6 Å². The molecule has 0 fully saturated rings. The van der Waals surface area contributed by atoms with Crippen molar-refractivity contribution in [2.45, 2.75) is 57.5 Å². The summed E-state index contributed by atoms with van der Waals surface area (Å²) < 4.78 is 37.4.